The van der Waals surface area contributed by atoms with Crippen molar-refractivity contribution < 1.29 is 13.9 Å². The van der Waals surface area contributed by atoms with Crippen LogP contribution in [0.1, 0.15) is 45.3 Å². The van der Waals surface area contributed by atoms with Gasteiger partial charge in [0.1, 0.15) is 5.58 Å². The molecule has 1 aromatic heterocycles. The van der Waals surface area contributed by atoms with E-state index in [0.29, 0.717) is 36.1 Å². The molecule has 144 valence electrons. The van der Waals surface area contributed by atoms with Gasteiger partial charge in [0.2, 0.25) is 5.76 Å². The Hall–Kier alpha value is -2.92. The average molecular weight is 377 g/mol. The van der Waals surface area contributed by atoms with Gasteiger partial charge >= 0.3 is 0 Å². The van der Waals surface area contributed by atoms with Crippen LogP contribution in [0.5, 0.6) is 0 Å². The van der Waals surface area contributed by atoms with Crippen LogP contribution in [0.2, 0.25) is 0 Å². The number of hydrogen-bond acceptors (Lipinski definition) is 4. The average Bonchev–Trinajstić information content (AvgIpc) is 2.95. The summed E-state index contributed by atoms with van der Waals surface area (Å²) in [5, 5.41) is 0.507. The second kappa shape index (κ2) is 7.24. The summed E-state index contributed by atoms with van der Waals surface area (Å²) >= 11 is 0. The van der Waals surface area contributed by atoms with Gasteiger partial charge in [-0.2, -0.15) is 0 Å². The Bertz CT molecular complexity index is 1100. The maximum absolute atomic E-state index is 13.3. The summed E-state index contributed by atoms with van der Waals surface area (Å²) in [5.41, 5.74) is 3.77. The van der Waals surface area contributed by atoms with Crippen molar-refractivity contribution in [1.29, 1.82) is 0 Å². The lowest BCUT2D eigenvalue weighted by atomic mass is 9.97. The van der Waals surface area contributed by atoms with E-state index in [1.807, 2.05) is 44.2 Å². The van der Waals surface area contributed by atoms with Gasteiger partial charge in [0.05, 0.1) is 17.0 Å². The van der Waals surface area contributed by atoms with E-state index in [0.717, 1.165) is 16.7 Å². The third-order valence-electron chi connectivity index (χ3n) is 5.26. The Morgan fingerprint density at radius 3 is 2.46 bits per heavy atom. The topological polar surface area (TPSA) is 59.8 Å². The molecule has 0 bridgehead atoms. The molecule has 1 aliphatic heterocycles. The van der Waals surface area contributed by atoms with Crippen LogP contribution in [0, 0.1) is 13.8 Å². The Morgan fingerprint density at radius 2 is 1.75 bits per heavy atom. The Kier molecular flexibility index (Phi) is 4.77. The molecule has 3 aromatic rings. The molecule has 5 nitrogen and oxygen atoms in total. The predicted octanol–water partition coefficient (Wildman–Crippen LogP) is 3.99. The lowest BCUT2D eigenvalue weighted by Gasteiger charge is -2.25. The van der Waals surface area contributed by atoms with Gasteiger partial charge in [0.25, 0.3) is 5.91 Å². The Morgan fingerprint density at radius 1 is 1.04 bits per heavy atom. The molecule has 0 saturated heterocycles. The highest BCUT2D eigenvalue weighted by Gasteiger charge is 2.42. The standard InChI is InChI=1S/C23H23NO4/c1-14-5-8-16(9-6-14)20-19-21(25)17-10-7-15(2)13-18(17)28-22(19)23(26)24(20)11-4-12-27-3/h5-10,13,20H,4,11-12H2,1-3H3. The fourth-order valence-corrected chi connectivity index (χ4v) is 3.83. The van der Waals surface area contributed by atoms with Crippen molar-refractivity contribution in [2.45, 2.75) is 26.3 Å². The number of amides is 1. The van der Waals surface area contributed by atoms with E-state index < -0.39 is 6.04 Å². The first-order valence-electron chi connectivity index (χ1n) is 9.45. The first-order chi connectivity index (χ1) is 13.5. The molecule has 0 saturated carbocycles. The first-order valence-corrected chi connectivity index (χ1v) is 9.45. The lowest BCUT2D eigenvalue weighted by molar-refractivity contribution is 0.0708. The van der Waals surface area contributed by atoms with Crippen molar-refractivity contribution in [3.8, 4) is 0 Å². The minimum absolute atomic E-state index is 0.135. The number of ether oxygens (including phenoxy) is 1. The molecule has 4 rings (SSSR count). The van der Waals surface area contributed by atoms with E-state index in [1.165, 1.54) is 0 Å². The Labute approximate surface area is 163 Å². The normalized spacial score (nSPS) is 16.0. The third-order valence-corrected chi connectivity index (χ3v) is 5.26. The molecule has 0 fully saturated rings. The second-order valence-electron chi connectivity index (χ2n) is 7.33. The van der Waals surface area contributed by atoms with Crippen LogP contribution in [-0.2, 0) is 4.74 Å². The highest BCUT2D eigenvalue weighted by molar-refractivity contribution is 5.99. The van der Waals surface area contributed by atoms with Crippen molar-refractivity contribution in [1.82, 2.24) is 4.90 Å². The van der Waals surface area contributed by atoms with E-state index in [1.54, 1.807) is 24.1 Å². The van der Waals surface area contributed by atoms with E-state index in [2.05, 4.69) is 0 Å². The highest BCUT2D eigenvalue weighted by Crippen LogP contribution is 2.38. The number of carbonyl (C=O) groups excluding carboxylic acids is 1. The second-order valence-corrected chi connectivity index (χ2v) is 7.33. The fourth-order valence-electron chi connectivity index (χ4n) is 3.83. The fraction of sp³-hybridized carbons (Fsp3) is 0.304. The maximum Gasteiger partial charge on any atom is 0.290 e. The van der Waals surface area contributed by atoms with Crippen LogP contribution in [0.3, 0.4) is 0 Å². The van der Waals surface area contributed by atoms with E-state index in [-0.39, 0.29) is 17.1 Å². The quantitative estimate of drug-likeness (QED) is 0.631. The molecule has 28 heavy (non-hydrogen) atoms. The highest BCUT2D eigenvalue weighted by atomic mass is 16.5. The van der Waals surface area contributed by atoms with Crippen molar-refractivity contribution in [3.05, 3.63) is 80.7 Å². The van der Waals surface area contributed by atoms with Gasteiger partial charge in [0, 0.05) is 20.3 Å². The van der Waals surface area contributed by atoms with Gasteiger partial charge in [-0.3, -0.25) is 9.59 Å². The zero-order valence-electron chi connectivity index (χ0n) is 16.3. The zero-order chi connectivity index (χ0) is 19.8. The molecule has 0 radical (unpaired) electrons. The summed E-state index contributed by atoms with van der Waals surface area (Å²) < 4.78 is 11.1. The van der Waals surface area contributed by atoms with Crippen LogP contribution in [-0.4, -0.2) is 31.1 Å². The molecule has 1 atom stereocenters. The lowest BCUT2D eigenvalue weighted by Crippen LogP contribution is -2.31. The van der Waals surface area contributed by atoms with Gasteiger partial charge in [0.15, 0.2) is 5.43 Å². The van der Waals surface area contributed by atoms with Crippen molar-refractivity contribution in [3.63, 3.8) is 0 Å². The Balaban J connectivity index is 1.91. The molecule has 0 spiro atoms. The summed E-state index contributed by atoms with van der Waals surface area (Å²) in [6.45, 7) is 4.98. The number of fused-ring (bicyclic) bond motifs is 2. The summed E-state index contributed by atoms with van der Waals surface area (Å²) in [5.74, 6) is -0.0803. The van der Waals surface area contributed by atoms with Crippen molar-refractivity contribution >= 4 is 16.9 Å². The zero-order valence-corrected chi connectivity index (χ0v) is 16.3. The molecule has 2 heterocycles. The number of aryl methyl sites for hydroxylation is 2. The minimum Gasteiger partial charge on any atom is -0.450 e. The number of rotatable bonds is 5. The van der Waals surface area contributed by atoms with Crippen LogP contribution in [0.25, 0.3) is 11.0 Å². The van der Waals surface area contributed by atoms with Crippen molar-refractivity contribution in [2.75, 3.05) is 20.3 Å². The molecule has 1 amide bonds. The molecular weight excluding hydrogens is 354 g/mol. The smallest absolute Gasteiger partial charge is 0.290 e. The molecule has 1 aliphatic rings. The van der Waals surface area contributed by atoms with Gasteiger partial charge in [-0.15, -0.1) is 0 Å². The van der Waals surface area contributed by atoms with E-state index in [9.17, 15) is 9.59 Å². The van der Waals surface area contributed by atoms with Crippen LogP contribution < -0.4 is 5.43 Å². The molecular formula is C23H23NO4. The molecule has 1 unspecified atom stereocenters. The van der Waals surface area contributed by atoms with Crippen molar-refractivity contribution in [2.24, 2.45) is 0 Å². The SMILES string of the molecule is COCCCN1C(=O)c2oc3cc(C)ccc3c(=O)c2C1c1ccc(C)cc1. The van der Waals surface area contributed by atoms with Crippen LogP contribution >= 0.6 is 0 Å². The molecule has 0 N–H and O–H groups in total. The summed E-state index contributed by atoms with van der Waals surface area (Å²) in [6, 6.07) is 13.0. The molecule has 5 heteroatoms. The number of hydrogen-bond donors (Lipinski definition) is 0. The molecule has 2 aromatic carbocycles. The maximum atomic E-state index is 13.3. The third kappa shape index (κ3) is 3.02. The van der Waals surface area contributed by atoms with Crippen LogP contribution in [0.15, 0.2) is 51.7 Å². The first kappa shape index (κ1) is 18.4. The summed E-state index contributed by atoms with van der Waals surface area (Å²) in [7, 11) is 1.64. The summed E-state index contributed by atoms with van der Waals surface area (Å²) in [6.07, 6.45) is 0.686. The largest absolute Gasteiger partial charge is 0.450 e. The summed E-state index contributed by atoms with van der Waals surface area (Å²) in [4.78, 5) is 28.2. The van der Waals surface area contributed by atoms with Gasteiger partial charge in [-0.1, -0.05) is 35.9 Å². The number of methoxy groups -OCH3 is 1. The monoisotopic (exact) mass is 377 g/mol. The number of carbonyl (C=O) groups is 1. The number of nitrogens with zero attached hydrogens (tertiary/aromatic N) is 1. The van der Waals surface area contributed by atoms with E-state index >= 15 is 0 Å². The van der Waals surface area contributed by atoms with Gasteiger partial charge in [-0.05, 0) is 43.5 Å². The number of benzene rings is 2. The van der Waals surface area contributed by atoms with Crippen LogP contribution in [0.4, 0.5) is 0 Å². The van der Waals surface area contributed by atoms with Gasteiger partial charge in [-0.25, -0.2) is 0 Å². The molecule has 0 aliphatic carbocycles. The van der Waals surface area contributed by atoms with E-state index in [4.69, 9.17) is 9.15 Å². The predicted molar refractivity (Wildman–Crippen MR) is 108 cm³/mol. The minimum atomic E-state index is -0.443. The van der Waals surface area contributed by atoms with Gasteiger partial charge < -0.3 is 14.1 Å².